The summed E-state index contributed by atoms with van der Waals surface area (Å²) < 4.78 is 21.9. The zero-order valence-electron chi connectivity index (χ0n) is 21.8. The molecule has 35 heavy (non-hydrogen) atoms. The number of hydrogen-bond donors (Lipinski definition) is 0. The minimum Gasteiger partial charge on any atom is -0.465 e. The number of imide groups is 1. The van der Waals surface area contributed by atoms with Crippen LogP contribution in [0, 0.1) is 0 Å². The molecule has 2 rings (SSSR count). The number of amides is 2. The Kier molecular flexibility index (Phi) is 7.54. The van der Waals surface area contributed by atoms with E-state index in [1.165, 1.54) is 25.3 Å². The molecule has 2 amide bonds. The van der Waals surface area contributed by atoms with Crippen LogP contribution in [-0.4, -0.2) is 57.9 Å². The van der Waals surface area contributed by atoms with Crippen LogP contribution in [0.5, 0.6) is 0 Å². The second-order valence-electron chi connectivity index (χ2n) is 10.7. The fourth-order valence-electron chi connectivity index (χ4n) is 2.82. The highest BCUT2D eigenvalue weighted by atomic mass is 16.6. The number of nitrogens with zero attached hydrogens (tertiary/aromatic N) is 3. The Morgan fingerprint density at radius 2 is 1.29 bits per heavy atom. The van der Waals surface area contributed by atoms with Crippen molar-refractivity contribution in [3.8, 4) is 0 Å². The van der Waals surface area contributed by atoms with Crippen LogP contribution in [-0.2, 0) is 18.9 Å². The second-order valence-corrected chi connectivity index (χ2v) is 10.7. The molecule has 1 aromatic heterocycles. The van der Waals surface area contributed by atoms with Crippen molar-refractivity contribution < 1.29 is 38.1 Å². The number of ether oxygens (including phenoxy) is 4. The van der Waals surface area contributed by atoms with Crippen LogP contribution < -0.4 is 4.90 Å². The number of benzene rings is 1. The van der Waals surface area contributed by atoms with E-state index in [2.05, 4.69) is 5.10 Å². The Labute approximate surface area is 204 Å². The molecule has 0 saturated carbocycles. The van der Waals surface area contributed by atoms with Gasteiger partial charge in [0.2, 0.25) is 0 Å². The number of esters is 1. The van der Waals surface area contributed by atoms with Crippen molar-refractivity contribution in [3.63, 3.8) is 0 Å². The van der Waals surface area contributed by atoms with Gasteiger partial charge in [0.05, 0.1) is 18.2 Å². The molecule has 0 unspecified atom stereocenters. The maximum absolute atomic E-state index is 13.1. The summed E-state index contributed by atoms with van der Waals surface area (Å²) in [5.74, 6) is -0.882. The maximum atomic E-state index is 13.1. The Bertz CT molecular complexity index is 1120. The minimum atomic E-state index is -1.06. The van der Waals surface area contributed by atoms with Gasteiger partial charge in [-0.25, -0.2) is 19.2 Å². The normalized spacial score (nSPS) is 12.2. The minimum absolute atomic E-state index is 0.106. The number of aromatic nitrogens is 2. The van der Waals surface area contributed by atoms with Gasteiger partial charge in [0.25, 0.3) is 0 Å². The number of rotatable bonds is 2. The van der Waals surface area contributed by atoms with Crippen LogP contribution in [0.15, 0.2) is 18.2 Å². The number of carbonyl (C=O) groups is 4. The van der Waals surface area contributed by atoms with E-state index in [1.807, 2.05) is 0 Å². The van der Waals surface area contributed by atoms with Crippen LogP contribution in [0.4, 0.5) is 20.2 Å². The second kappa shape index (κ2) is 9.55. The topological polar surface area (TPSA) is 126 Å². The van der Waals surface area contributed by atoms with Gasteiger partial charge >= 0.3 is 24.2 Å². The molecular weight excluding hydrogens is 458 g/mol. The molecule has 11 nitrogen and oxygen atoms in total. The molecule has 1 heterocycles. The van der Waals surface area contributed by atoms with Gasteiger partial charge in [0, 0.05) is 5.39 Å². The zero-order valence-corrected chi connectivity index (χ0v) is 21.8. The van der Waals surface area contributed by atoms with Gasteiger partial charge in [0.15, 0.2) is 5.82 Å². The first-order valence-corrected chi connectivity index (χ1v) is 10.9. The predicted molar refractivity (Wildman–Crippen MR) is 128 cm³/mol. The lowest BCUT2D eigenvalue weighted by Gasteiger charge is -2.27. The fourth-order valence-corrected chi connectivity index (χ4v) is 2.82. The van der Waals surface area contributed by atoms with Gasteiger partial charge < -0.3 is 18.9 Å². The number of methoxy groups -OCH3 is 1. The molecule has 0 aliphatic carbocycles. The first-order valence-electron chi connectivity index (χ1n) is 10.9. The summed E-state index contributed by atoms with van der Waals surface area (Å²) >= 11 is 0. The van der Waals surface area contributed by atoms with E-state index in [0.29, 0.717) is 4.90 Å². The third-order valence-corrected chi connectivity index (χ3v) is 4.01. The van der Waals surface area contributed by atoms with Crippen LogP contribution in [0.1, 0.15) is 72.7 Å². The van der Waals surface area contributed by atoms with E-state index < -0.39 is 41.1 Å². The molecule has 0 fully saturated rings. The number of anilines is 1. The molecule has 0 spiro atoms. The lowest BCUT2D eigenvalue weighted by Crippen LogP contribution is -2.44. The summed E-state index contributed by atoms with van der Waals surface area (Å²) in [6.45, 7) is 14.8. The first-order chi connectivity index (χ1) is 15.8. The van der Waals surface area contributed by atoms with Crippen molar-refractivity contribution in [3.05, 3.63) is 23.8 Å². The summed E-state index contributed by atoms with van der Waals surface area (Å²) in [6, 6.07) is 4.21. The molecule has 0 saturated heterocycles. The van der Waals surface area contributed by atoms with Gasteiger partial charge in [-0.2, -0.15) is 9.58 Å². The van der Waals surface area contributed by atoms with Crippen molar-refractivity contribution in [2.75, 3.05) is 12.0 Å². The quantitative estimate of drug-likeness (QED) is 0.407. The lowest BCUT2D eigenvalue weighted by molar-refractivity contribution is 0.0420. The average molecular weight is 492 g/mol. The van der Waals surface area contributed by atoms with Crippen LogP contribution in [0.25, 0.3) is 10.9 Å². The molecule has 192 valence electrons. The van der Waals surface area contributed by atoms with Crippen LogP contribution in [0.3, 0.4) is 0 Å². The zero-order chi connectivity index (χ0) is 26.9. The van der Waals surface area contributed by atoms with E-state index in [4.69, 9.17) is 18.9 Å². The third-order valence-electron chi connectivity index (χ3n) is 4.01. The monoisotopic (exact) mass is 491 g/mol. The van der Waals surface area contributed by atoms with Gasteiger partial charge in [-0.3, -0.25) is 0 Å². The summed E-state index contributed by atoms with van der Waals surface area (Å²) in [5, 5.41) is 4.41. The summed E-state index contributed by atoms with van der Waals surface area (Å²) in [7, 11) is 1.22. The summed E-state index contributed by atoms with van der Waals surface area (Å²) in [4.78, 5) is 51.9. The van der Waals surface area contributed by atoms with Crippen molar-refractivity contribution in [2.45, 2.75) is 79.1 Å². The average Bonchev–Trinajstić information content (AvgIpc) is 3.02. The number of carbonyl (C=O) groups excluding carboxylic acids is 4. The van der Waals surface area contributed by atoms with Crippen molar-refractivity contribution in [2.24, 2.45) is 0 Å². The predicted octanol–water partition coefficient (Wildman–Crippen LogP) is 5.28. The molecule has 0 aliphatic rings. The van der Waals surface area contributed by atoms with Crippen molar-refractivity contribution >= 4 is 41.0 Å². The molecule has 0 atom stereocenters. The maximum Gasteiger partial charge on any atom is 0.435 e. The summed E-state index contributed by atoms with van der Waals surface area (Å²) in [6.07, 6.45) is -3.00. The standard InChI is InChI=1S/C24H33N3O8/c1-22(2,3)33-19(29)26(20(30)34-23(4,5)6)17-15-12-11-14(18(28)32-10)13-16(15)27(25-17)21(31)35-24(7,8)9/h11-13H,1-10H3. The highest BCUT2D eigenvalue weighted by Gasteiger charge is 2.37. The number of hydrogen-bond acceptors (Lipinski definition) is 9. The van der Waals surface area contributed by atoms with E-state index in [9.17, 15) is 19.2 Å². The largest absolute Gasteiger partial charge is 0.465 e. The van der Waals surface area contributed by atoms with E-state index in [0.717, 1.165) is 4.68 Å². The van der Waals surface area contributed by atoms with Gasteiger partial charge in [-0.05, 0) is 80.5 Å². The SMILES string of the molecule is COC(=O)c1ccc2c(N(C(=O)OC(C)(C)C)C(=O)OC(C)(C)C)nn(C(=O)OC(C)(C)C)c2c1. The van der Waals surface area contributed by atoms with Crippen LogP contribution >= 0.6 is 0 Å². The molecular formula is C24H33N3O8. The Balaban J connectivity index is 2.79. The number of fused-ring (bicyclic) bond motifs is 1. The van der Waals surface area contributed by atoms with E-state index in [-0.39, 0.29) is 22.3 Å². The Hall–Kier alpha value is -3.63. The van der Waals surface area contributed by atoms with Gasteiger partial charge in [-0.1, -0.05) is 0 Å². The molecule has 1 aromatic carbocycles. The highest BCUT2D eigenvalue weighted by molar-refractivity contribution is 6.14. The highest BCUT2D eigenvalue weighted by Crippen LogP contribution is 2.31. The molecule has 0 N–H and O–H groups in total. The molecule has 0 aliphatic heterocycles. The van der Waals surface area contributed by atoms with Gasteiger partial charge in [-0.15, -0.1) is 5.10 Å². The van der Waals surface area contributed by atoms with Crippen molar-refractivity contribution in [1.82, 2.24) is 9.78 Å². The molecule has 11 heteroatoms. The smallest absolute Gasteiger partial charge is 0.435 e. The summed E-state index contributed by atoms with van der Waals surface area (Å²) in [5.41, 5.74) is -2.53. The van der Waals surface area contributed by atoms with Gasteiger partial charge in [0.1, 0.15) is 16.8 Å². The first kappa shape index (κ1) is 27.6. The Morgan fingerprint density at radius 3 is 1.71 bits per heavy atom. The molecule has 0 bridgehead atoms. The lowest BCUT2D eigenvalue weighted by atomic mass is 10.1. The van der Waals surface area contributed by atoms with Crippen molar-refractivity contribution in [1.29, 1.82) is 0 Å². The molecule has 2 aromatic rings. The van der Waals surface area contributed by atoms with Crippen LogP contribution in [0.2, 0.25) is 0 Å². The van der Waals surface area contributed by atoms with E-state index >= 15 is 0 Å². The fraction of sp³-hybridized carbons (Fsp3) is 0.542. The third kappa shape index (κ3) is 7.17. The molecule has 0 radical (unpaired) electrons. The van der Waals surface area contributed by atoms with E-state index in [1.54, 1.807) is 62.3 Å². The Morgan fingerprint density at radius 1 is 0.800 bits per heavy atom.